The molecule has 0 saturated heterocycles. The van der Waals surface area contributed by atoms with Gasteiger partial charge in [-0.2, -0.15) is 0 Å². The van der Waals surface area contributed by atoms with Gasteiger partial charge in [-0.15, -0.1) is 0 Å². The molecule has 0 spiro atoms. The maximum Gasteiger partial charge on any atom is 0.162 e. The number of nitrogens with one attached hydrogen (secondary N) is 1. The number of anilines is 1. The van der Waals surface area contributed by atoms with E-state index in [9.17, 15) is 4.79 Å². The second-order valence-corrected chi connectivity index (χ2v) is 8.76. The lowest BCUT2D eigenvalue weighted by atomic mass is 9.71. The predicted octanol–water partition coefficient (Wildman–Crippen LogP) is 6.20. The molecule has 3 aromatic carbocycles. The number of fused-ring (bicyclic) bond motifs is 3. The molecule has 2 atom stereocenters. The molecule has 0 saturated carbocycles. The summed E-state index contributed by atoms with van der Waals surface area (Å²) in [4.78, 5) is 18.3. The van der Waals surface area contributed by atoms with Crippen LogP contribution in [0.15, 0.2) is 96.3 Å². The Bertz CT molecular complexity index is 1390. The van der Waals surface area contributed by atoms with E-state index in [0.717, 1.165) is 51.2 Å². The molecule has 2 aliphatic rings. The van der Waals surface area contributed by atoms with Gasteiger partial charge in [-0.05, 0) is 59.4 Å². The summed E-state index contributed by atoms with van der Waals surface area (Å²) in [6, 6.07) is 26.7. The molecular weight excluding hydrogens is 408 g/mol. The van der Waals surface area contributed by atoms with Gasteiger partial charge >= 0.3 is 0 Å². The lowest BCUT2D eigenvalue weighted by Gasteiger charge is -2.37. The van der Waals surface area contributed by atoms with Crippen LogP contribution in [-0.4, -0.2) is 17.9 Å². The van der Waals surface area contributed by atoms with Gasteiger partial charge in [0, 0.05) is 40.9 Å². The summed E-state index contributed by atoms with van der Waals surface area (Å²) >= 11 is 0. The summed E-state index contributed by atoms with van der Waals surface area (Å²) in [6.45, 7) is 0. The first-order chi connectivity index (χ1) is 16.2. The average Bonchev–Trinajstić information content (AvgIpc) is 2.87. The number of nitrogens with zero attached hydrogens (tertiary/aromatic N) is 1. The number of hydrogen-bond donors (Lipinski definition) is 1. The van der Waals surface area contributed by atoms with Gasteiger partial charge in [0.15, 0.2) is 5.78 Å². The van der Waals surface area contributed by atoms with Gasteiger partial charge in [-0.3, -0.25) is 9.78 Å². The highest BCUT2D eigenvalue weighted by Gasteiger charge is 2.39. The largest absolute Gasteiger partial charge is 0.497 e. The van der Waals surface area contributed by atoms with E-state index in [1.807, 2.05) is 42.6 Å². The van der Waals surface area contributed by atoms with Crippen molar-refractivity contribution in [1.82, 2.24) is 4.98 Å². The second-order valence-electron chi connectivity index (χ2n) is 8.76. The molecule has 33 heavy (non-hydrogen) atoms. The molecule has 0 fully saturated rings. The highest BCUT2D eigenvalue weighted by molar-refractivity contribution is 6.04. The predicted molar refractivity (Wildman–Crippen MR) is 131 cm³/mol. The topological polar surface area (TPSA) is 51.2 Å². The van der Waals surface area contributed by atoms with E-state index in [1.165, 1.54) is 5.56 Å². The van der Waals surface area contributed by atoms with Crippen molar-refractivity contribution < 1.29 is 9.53 Å². The second kappa shape index (κ2) is 7.89. The zero-order valence-electron chi connectivity index (χ0n) is 18.4. The summed E-state index contributed by atoms with van der Waals surface area (Å²) in [5.74, 6) is 1.09. The summed E-state index contributed by atoms with van der Waals surface area (Å²) in [5.41, 5.74) is 7.39. The van der Waals surface area contributed by atoms with Gasteiger partial charge in [-0.1, -0.05) is 48.5 Å². The molecular formula is C29H24N2O2. The van der Waals surface area contributed by atoms with Crippen LogP contribution >= 0.6 is 0 Å². The maximum absolute atomic E-state index is 13.7. The van der Waals surface area contributed by atoms with E-state index < -0.39 is 0 Å². The van der Waals surface area contributed by atoms with Crippen molar-refractivity contribution in [3.63, 3.8) is 0 Å². The molecule has 6 rings (SSSR count). The number of carbonyl (C=O) groups excluding carboxylic acids is 1. The van der Waals surface area contributed by atoms with Crippen LogP contribution in [0.2, 0.25) is 0 Å². The van der Waals surface area contributed by atoms with Gasteiger partial charge in [0.25, 0.3) is 0 Å². The molecule has 2 heterocycles. The fourth-order valence-electron chi connectivity index (χ4n) is 5.38. The summed E-state index contributed by atoms with van der Waals surface area (Å²) in [5, 5.41) is 4.74. The number of ether oxygens (including phenoxy) is 1. The Labute approximate surface area is 192 Å². The molecule has 1 aromatic heterocycles. The van der Waals surface area contributed by atoms with Crippen LogP contribution < -0.4 is 10.1 Å². The number of pyridine rings is 1. The Balaban J connectivity index is 1.50. The molecule has 0 radical (unpaired) electrons. The van der Waals surface area contributed by atoms with Gasteiger partial charge in [0.05, 0.1) is 12.6 Å². The highest BCUT2D eigenvalue weighted by atomic mass is 16.5. The van der Waals surface area contributed by atoms with Crippen LogP contribution in [0.3, 0.4) is 0 Å². The molecule has 1 N–H and O–H groups in total. The van der Waals surface area contributed by atoms with Crippen molar-refractivity contribution in [2.75, 3.05) is 12.4 Å². The van der Waals surface area contributed by atoms with Gasteiger partial charge in [-0.25, -0.2) is 0 Å². The highest BCUT2D eigenvalue weighted by Crippen LogP contribution is 2.49. The standard InChI is InChI=1S/C29H24N2O2/c1-33-21-11-9-18(10-12-21)20-16-25-29(26(32)17-20)27(19-6-3-2-4-7-19)28-22-8-5-15-30-23(22)13-14-24(28)31-25/h2-15,20,27,31H,16-17H2,1H3. The van der Waals surface area contributed by atoms with Crippen LogP contribution in [0.5, 0.6) is 5.75 Å². The monoisotopic (exact) mass is 432 g/mol. The van der Waals surface area contributed by atoms with Crippen LogP contribution in [0.1, 0.15) is 41.4 Å². The number of ketones is 1. The Morgan fingerprint density at radius 2 is 1.70 bits per heavy atom. The van der Waals surface area contributed by atoms with E-state index >= 15 is 0 Å². The maximum atomic E-state index is 13.7. The zero-order chi connectivity index (χ0) is 22.4. The summed E-state index contributed by atoms with van der Waals surface area (Å²) < 4.78 is 5.31. The third-order valence-corrected chi connectivity index (χ3v) is 6.92. The normalized spacial score (nSPS) is 19.6. The molecule has 1 aliphatic heterocycles. The van der Waals surface area contributed by atoms with Crippen molar-refractivity contribution in [3.05, 3.63) is 113 Å². The SMILES string of the molecule is COc1ccc(C2CC(=O)C3=C(C2)Nc2ccc4ncccc4c2C3c2ccccc2)cc1. The lowest BCUT2D eigenvalue weighted by Crippen LogP contribution is -2.30. The third kappa shape index (κ3) is 3.30. The Hall–Kier alpha value is -3.92. The van der Waals surface area contributed by atoms with Crippen molar-refractivity contribution >= 4 is 22.4 Å². The Kier molecular flexibility index (Phi) is 4.72. The van der Waals surface area contributed by atoms with Gasteiger partial charge < -0.3 is 10.1 Å². The number of allylic oxidation sites excluding steroid dienone is 2. The average molecular weight is 433 g/mol. The number of carbonyl (C=O) groups is 1. The first kappa shape index (κ1) is 19.7. The molecule has 4 aromatic rings. The molecule has 0 bridgehead atoms. The van der Waals surface area contributed by atoms with Crippen LogP contribution in [0.25, 0.3) is 10.9 Å². The van der Waals surface area contributed by atoms with Crippen LogP contribution in [0.4, 0.5) is 5.69 Å². The van der Waals surface area contributed by atoms with E-state index in [2.05, 4.69) is 52.8 Å². The number of Topliss-reactive ketones (excluding diaryl/α,β-unsaturated/α-hetero) is 1. The van der Waals surface area contributed by atoms with E-state index in [-0.39, 0.29) is 17.6 Å². The van der Waals surface area contributed by atoms with E-state index in [4.69, 9.17) is 4.74 Å². The molecule has 0 amide bonds. The number of hydrogen-bond acceptors (Lipinski definition) is 4. The fraction of sp³-hybridized carbons (Fsp3) is 0.172. The van der Waals surface area contributed by atoms with Gasteiger partial charge in [0.2, 0.25) is 0 Å². The van der Waals surface area contributed by atoms with Crippen LogP contribution in [0, 0.1) is 0 Å². The minimum absolute atomic E-state index is 0.102. The van der Waals surface area contributed by atoms with Crippen molar-refractivity contribution in [2.45, 2.75) is 24.7 Å². The third-order valence-electron chi connectivity index (χ3n) is 6.92. The minimum atomic E-state index is -0.102. The quantitative estimate of drug-likeness (QED) is 0.419. The Morgan fingerprint density at radius 1 is 0.879 bits per heavy atom. The smallest absolute Gasteiger partial charge is 0.162 e. The molecule has 4 nitrogen and oxygen atoms in total. The number of benzene rings is 3. The Morgan fingerprint density at radius 3 is 2.48 bits per heavy atom. The zero-order valence-corrected chi connectivity index (χ0v) is 18.4. The molecule has 162 valence electrons. The minimum Gasteiger partial charge on any atom is -0.497 e. The molecule has 1 aliphatic carbocycles. The first-order valence-corrected chi connectivity index (χ1v) is 11.3. The van der Waals surface area contributed by atoms with Crippen molar-refractivity contribution in [1.29, 1.82) is 0 Å². The van der Waals surface area contributed by atoms with Crippen molar-refractivity contribution in [3.8, 4) is 5.75 Å². The van der Waals surface area contributed by atoms with E-state index in [0.29, 0.717) is 6.42 Å². The number of rotatable bonds is 3. The summed E-state index contributed by atoms with van der Waals surface area (Å²) in [7, 11) is 1.67. The fourth-order valence-corrected chi connectivity index (χ4v) is 5.38. The number of methoxy groups -OCH3 is 1. The number of aromatic nitrogens is 1. The van der Waals surface area contributed by atoms with E-state index in [1.54, 1.807) is 7.11 Å². The lowest BCUT2D eigenvalue weighted by molar-refractivity contribution is -0.116. The van der Waals surface area contributed by atoms with Crippen molar-refractivity contribution in [2.24, 2.45) is 0 Å². The first-order valence-electron chi connectivity index (χ1n) is 11.3. The van der Waals surface area contributed by atoms with Crippen LogP contribution in [-0.2, 0) is 4.79 Å². The van der Waals surface area contributed by atoms with Gasteiger partial charge in [0.1, 0.15) is 5.75 Å². The molecule has 2 unspecified atom stereocenters. The molecule has 4 heteroatoms. The summed E-state index contributed by atoms with van der Waals surface area (Å²) in [6.07, 6.45) is 3.13.